The summed E-state index contributed by atoms with van der Waals surface area (Å²) >= 11 is 0. The summed E-state index contributed by atoms with van der Waals surface area (Å²) in [4.78, 5) is 22.0. The first-order chi connectivity index (χ1) is 12.7. The molecule has 0 aliphatic carbocycles. The minimum absolute atomic E-state index is 0.0405. The van der Waals surface area contributed by atoms with E-state index in [-0.39, 0.29) is 30.2 Å². The number of carbonyl (C=O) groups is 1. The van der Waals surface area contributed by atoms with E-state index >= 15 is 0 Å². The Hall–Kier alpha value is -3.30. The summed E-state index contributed by atoms with van der Waals surface area (Å²) in [5.41, 5.74) is -0.519. The molecule has 2 aromatic rings. The SMILES string of the molecule is CCOC(=O)Nc1ccc(CNc2cccc(C(F)(F)F)c2)cc1[N+](=O)[O-]. The third-order valence-electron chi connectivity index (χ3n) is 3.46. The summed E-state index contributed by atoms with van der Waals surface area (Å²) in [5, 5.41) is 16.3. The normalized spacial score (nSPS) is 11.0. The molecular weight excluding hydrogens is 367 g/mol. The topological polar surface area (TPSA) is 93.5 Å². The molecule has 0 heterocycles. The monoisotopic (exact) mass is 383 g/mol. The number of halogens is 3. The first kappa shape index (κ1) is 20.0. The number of benzene rings is 2. The molecule has 0 unspecified atom stereocenters. The second-order valence-corrected chi connectivity index (χ2v) is 5.39. The number of anilines is 2. The van der Waals surface area contributed by atoms with Gasteiger partial charge in [0.05, 0.1) is 17.1 Å². The highest BCUT2D eigenvalue weighted by molar-refractivity contribution is 5.87. The molecule has 0 aliphatic rings. The van der Waals surface area contributed by atoms with Gasteiger partial charge in [0.2, 0.25) is 0 Å². The molecule has 2 rings (SSSR count). The Kier molecular flexibility index (Phi) is 6.22. The number of rotatable bonds is 6. The third-order valence-corrected chi connectivity index (χ3v) is 3.46. The molecule has 2 N–H and O–H groups in total. The summed E-state index contributed by atoms with van der Waals surface area (Å²) < 4.78 is 42.9. The van der Waals surface area contributed by atoms with Crippen LogP contribution >= 0.6 is 0 Å². The fourth-order valence-corrected chi connectivity index (χ4v) is 2.23. The first-order valence-corrected chi connectivity index (χ1v) is 7.83. The molecule has 0 bridgehead atoms. The molecule has 1 amide bonds. The van der Waals surface area contributed by atoms with Crippen LogP contribution in [0.4, 0.5) is 35.0 Å². The van der Waals surface area contributed by atoms with E-state index < -0.39 is 22.8 Å². The standard InChI is InChI=1S/C17H16F3N3O4/c1-2-27-16(24)22-14-7-6-11(8-15(14)23(25)26)10-21-13-5-3-4-12(9-13)17(18,19)20/h3-9,21H,2,10H2,1H3,(H,22,24). The summed E-state index contributed by atoms with van der Waals surface area (Å²) in [7, 11) is 0. The van der Waals surface area contributed by atoms with Gasteiger partial charge in [-0.15, -0.1) is 0 Å². The number of hydrogen-bond acceptors (Lipinski definition) is 5. The number of nitro groups is 1. The van der Waals surface area contributed by atoms with Crippen LogP contribution in [0, 0.1) is 10.1 Å². The summed E-state index contributed by atoms with van der Waals surface area (Å²) in [6.45, 7) is 1.76. The average Bonchev–Trinajstić information content (AvgIpc) is 2.60. The molecular formula is C17H16F3N3O4. The van der Waals surface area contributed by atoms with Gasteiger partial charge in [0.15, 0.2) is 0 Å². The van der Waals surface area contributed by atoms with Gasteiger partial charge in [-0.25, -0.2) is 4.79 Å². The van der Waals surface area contributed by atoms with Gasteiger partial charge in [-0.3, -0.25) is 15.4 Å². The molecule has 0 saturated heterocycles. The van der Waals surface area contributed by atoms with Gasteiger partial charge >= 0.3 is 12.3 Å². The molecule has 7 nitrogen and oxygen atoms in total. The molecule has 27 heavy (non-hydrogen) atoms. The second kappa shape index (κ2) is 8.39. The average molecular weight is 383 g/mol. The van der Waals surface area contributed by atoms with Gasteiger partial charge in [0.25, 0.3) is 5.69 Å². The van der Waals surface area contributed by atoms with E-state index in [0.29, 0.717) is 5.56 Å². The Morgan fingerprint density at radius 3 is 2.59 bits per heavy atom. The molecule has 0 aromatic heterocycles. The lowest BCUT2D eigenvalue weighted by Crippen LogP contribution is -2.14. The maximum Gasteiger partial charge on any atom is 0.416 e. The number of carbonyl (C=O) groups excluding carboxylic acids is 1. The smallest absolute Gasteiger partial charge is 0.416 e. The third kappa shape index (κ3) is 5.59. The van der Waals surface area contributed by atoms with Crippen LogP contribution in [0.15, 0.2) is 42.5 Å². The van der Waals surface area contributed by atoms with Crippen molar-refractivity contribution in [3.63, 3.8) is 0 Å². The zero-order valence-corrected chi connectivity index (χ0v) is 14.2. The van der Waals surface area contributed by atoms with E-state index in [2.05, 4.69) is 15.4 Å². The number of nitrogens with one attached hydrogen (secondary N) is 2. The van der Waals surface area contributed by atoms with Crippen LogP contribution in [0.1, 0.15) is 18.1 Å². The summed E-state index contributed by atoms with van der Waals surface area (Å²) in [6, 6.07) is 8.69. The molecule has 144 valence electrons. The predicted molar refractivity (Wildman–Crippen MR) is 92.5 cm³/mol. The lowest BCUT2D eigenvalue weighted by Gasteiger charge is -2.11. The largest absolute Gasteiger partial charge is 0.450 e. The fourth-order valence-electron chi connectivity index (χ4n) is 2.23. The molecule has 0 aliphatic heterocycles. The number of nitrogens with zero attached hydrogens (tertiary/aromatic N) is 1. The van der Waals surface area contributed by atoms with Crippen LogP contribution in [0.3, 0.4) is 0 Å². The van der Waals surface area contributed by atoms with E-state index in [1.165, 1.54) is 30.3 Å². The van der Waals surface area contributed by atoms with Crippen molar-refractivity contribution in [3.05, 3.63) is 63.7 Å². The van der Waals surface area contributed by atoms with Crippen LogP contribution in [0.5, 0.6) is 0 Å². The molecule has 0 saturated carbocycles. The van der Waals surface area contributed by atoms with Crippen LogP contribution < -0.4 is 10.6 Å². The quantitative estimate of drug-likeness (QED) is 0.552. The number of hydrogen-bond donors (Lipinski definition) is 2. The predicted octanol–water partition coefficient (Wildman–Crippen LogP) is 4.79. The first-order valence-electron chi connectivity index (χ1n) is 7.83. The van der Waals surface area contributed by atoms with Gasteiger partial charge < -0.3 is 10.1 Å². The van der Waals surface area contributed by atoms with E-state index in [1.54, 1.807) is 6.92 Å². The lowest BCUT2D eigenvalue weighted by atomic mass is 10.1. The highest BCUT2D eigenvalue weighted by atomic mass is 19.4. The van der Waals surface area contributed by atoms with Crippen molar-refractivity contribution in [2.24, 2.45) is 0 Å². The van der Waals surface area contributed by atoms with Gasteiger partial charge in [-0.1, -0.05) is 12.1 Å². The van der Waals surface area contributed by atoms with Crippen molar-refractivity contribution in [2.45, 2.75) is 19.6 Å². The van der Waals surface area contributed by atoms with E-state index in [9.17, 15) is 28.1 Å². The Morgan fingerprint density at radius 2 is 1.96 bits per heavy atom. The van der Waals surface area contributed by atoms with E-state index in [4.69, 9.17) is 0 Å². The molecule has 0 fully saturated rings. The van der Waals surface area contributed by atoms with Crippen LogP contribution in [-0.4, -0.2) is 17.6 Å². The van der Waals surface area contributed by atoms with Crippen molar-refractivity contribution in [2.75, 3.05) is 17.2 Å². The second-order valence-electron chi connectivity index (χ2n) is 5.39. The molecule has 0 radical (unpaired) electrons. The Bertz CT molecular complexity index is 840. The van der Waals surface area contributed by atoms with E-state index in [0.717, 1.165) is 12.1 Å². The Balaban J connectivity index is 2.14. The minimum atomic E-state index is -4.46. The molecule has 0 atom stereocenters. The minimum Gasteiger partial charge on any atom is -0.450 e. The van der Waals surface area contributed by atoms with Gasteiger partial charge in [0.1, 0.15) is 5.69 Å². The van der Waals surface area contributed by atoms with Crippen molar-refractivity contribution in [3.8, 4) is 0 Å². The molecule has 10 heteroatoms. The van der Waals surface area contributed by atoms with Crippen molar-refractivity contribution < 1.29 is 27.6 Å². The summed E-state index contributed by atoms with van der Waals surface area (Å²) in [5.74, 6) is 0. The van der Waals surface area contributed by atoms with Crippen molar-refractivity contribution in [1.82, 2.24) is 0 Å². The fraction of sp³-hybridized carbons (Fsp3) is 0.235. The van der Waals surface area contributed by atoms with Gasteiger partial charge in [0, 0.05) is 18.3 Å². The lowest BCUT2D eigenvalue weighted by molar-refractivity contribution is -0.384. The van der Waals surface area contributed by atoms with E-state index in [1.807, 2.05) is 0 Å². The Labute approximate surface area is 152 Å². The number of amides is 1. The zero-order chi connectivity index (χ0) is 20.0. The van der Waals surface area contributed by atoms with Crippen molar-refractivity contribution >= 4 is 23.2 Å². The maximum atomic E-state index is 12.7. The van der Waals surface area contributed by atoms with Crippen LogP contribution in [0.25, 0.3) is 0 Å². The highest BCUT2D eigenvalue weighted by Gasteiger charge is 2.30. The van der Waals surface area contributed by atoms with Gasteiger partial charge in [-0.2, -0.15) is 13.2 Å². The van der Waals surface area contributed by atoms with Gasteiger partial charge in [-0.05, 0) is 36.8 Å². The molecule has 0 spiro atoms. The highest BCUT2D eigenvalue weighted by Crippen LogP contribution is 2.31. The number of ether oxygens (including phenoxy) is 1. The number of alkyl halides is 3. The number of nitro benzene ring substituents is 1. The zero-order valence-electron chi connectivity index (χ0n) is 14.2. The van der Waals surface area contributed by atoms with Crippen molar-refractivity contribution in [1.29, 1.82) is 0 Å². The van der Waals surface area contributed by atoms with Crippen LogP contribution in [-0.2, 0) is 17.5 Å². The summed E-state index contributed by atoms with van der Waals surface area (Å²) in [6.07, 6.45) is -5.29. The van der Waals surface area contributed by atoms with Crippen LogP contribution in [0.2, 0.25) is 0 Å². The molecule has 2 aromatic carbocycles. The Morgan fingerprint density at radius 1 is 1.22 bits per heavy atom. The maximum absolute atomic E-state index is 12.7.